The number of hydrogen-bond donors (Lipinski definition) is 3. The zero-order valence-corrected chi connectivity index (χ0v) is 27.3. The van der Waals surface area contributed by atoms with Gasteiger partial charge in [-0.2, -0.15) is 0 Å². The van der Waals surface area contributed by atoms with Crippen LogP contribution in [-0.4, -0.2) is 68.0 Å². The fourth-order valence-corrected chi connectivity index (χ4v) is 6.02. The highest BCUT2D eigenvalue weighted by Crippen LogP contribution is 2.36. The van der Waals surface area contributed by atoms with Crippen LogP contribution in [0.1, 0.15) is 48.9 Å². The third-order valence-corrected chi connectivity index (χ3v) is 8.66. The smallest absolute Gasteiger partial charge is 0.413 e. The molecule has 1 aliphatic heterocycles. The number of ether oxygens (including phenoxy) is 4. The molecule has 4 N–H and O–H groups in total. The van der Waals surface area contributed by atoms with Crippen LogP contribution in [0.2, 0.25) is 5.02 Å². The summed E-state index contributed by atoms with van der Waals surface area (Å²) in [5, 5.41) is 19.0. The van der Waals surface area contributed by atoms with Crippen molar-refractivity contribution < 1.29 is 60.1 Å². The summed E-state index contributed by atoms with van der Waals surface area (Å²) in [5.74, 6) is -5.66. The molecule has 1 saturated heterocycles. The monoisotopic (exact) mass is 715 g/mol. The van der Waals surface area contributed by atoms with E-state index in [0.29, 0.717) is 11.8 Å². The number of morpholine rings is 1. The van der Waals surface area contributed by atoms with Gasteiger partial charge < -0.3 is 33.8 Å². The Balaban J connectivity index is 1.35. The second-order valence-corrected chi connectivity index (χ2v) is 12.8. The van der Waals surface area contributed by atoms with E-state index in [0.717, 1.165) is 23.1 Å². The summed E-state index contributed by atoms with van der Waals surface area (Å²) >= 11 is 6.09. The highest BCUT2D eigenvalue weighted by molar-refractivity contribution is 7.89. The van der Waals surface area contributed by atoms with Crippen LogP contribution < -0.4 is 10.5 Å². The van der Waals surface area contributed by atoms with Gasteiger partial charge in [0.05, 0.1) is 54.2 Å². The number of carbonyl (C=O) groups excluding carboxylic acids is 3. The number of sulfonamides is 1. The molecule has 1 fully saturated rings. The number of aliphatic hydroxyl groups is 1. The van der Waals surface area contributed by atoms with E-state index in [-0.39, 0.29) is 35.0 Å². The summed E-state index contributed by atoms with van der Waals surface area (Å²) in [6.45, 7) is 3.35. The number of carbonyl (C=O) groups is 3. The second-order valence-electron chi connectivity index (χ2n) is 10.9. The molecular formula is C30H32ClF2N3O11S. The molecule has 260 valence electrons. The Labute approximate surface area is 278 Å². The van der Waals surface area contributed by atoms with Crippen molar-refractivity contribution in [2.45, 2.75) is 62.6 Å². The first kappa shape index (κ1) is 36.5. The molecule has 1 amide bonds. The van der Waals surface area contributed by atoms with Crippen molar-refractivity contribution in [3.05, 3.63) is 82.3 Å². The lowest BCUT2D eigenvalue weighted by Crippen LogP contribution is -2.62. The summed E-state index contributed by atoms with van der Waals surface area (Å²) in [5.41, 5.74) is -0.414. The maximum atomic E-state index is 13.8. The van der Waals surface area contributed by atoms with Gasteiger partial charge in [-0.25, -0.2) is 31.9 Å². The molecular weight excluding hydrogens is 684 g/mol. The molecule has 4 atom stereocenters. The van der Waals surface area contributed by atoms with E-state index in [9.17, 15) is 36.7 Å². The number of amides is 1. The number of nitrogens with zero attached hydrogens (tertiary/aromatic N) is 1. The van der Waals surface area contributed by atoms with Crippen LogP contribution in [0.4, 0.5) is 19.3 Å². The molecule has 2 aromatic carbocycles. The number of benzene rings is 2. The van der Waals surface area contributed by atoms with Crippen LogP contribution >= 0.6 is 11.6 Å². The Bertz CT molecular complexity index is 1760. The molecule has 3 aromatic rings. The number of rotatable bonds is 11. The molecule has 0 bridgehead atoms. The fourth-order valence-electron chi connectivity index (χ4n) is 4.93. The van der Waals surface area contributed by atoms with Gasteiger partial charge in [-0.3, -0.25) is 9.69 Å². The average Bonchev–Trinajstić information content (AvgIpc) is 3.51. The number of furan rings is 1. The number of anilines is 1. The Kier molecular flexibility index (Phi) is 11.3. The van der Waals surface area contributed by atoms with Crippen molar-refractivity contribution in [2.24, 2.45) is 5.14 Å². The van der Waals surface area contributed by atoms with E-state index < -0.39 is 81.8 Å². The third-order valence-electron chi connectivity index (χ3n) is 7.29. The first-order chi connectivity index (χ1) is 22.5. The first-order valence-electron chi connectivity index (χ1n) is 14.3. The Morgan fingerprint density at radius 2 is 1.85 bits per heavy atom. The SMILES string of the molecule is CC(CC(=O)OCOC(=O)N1C(C)COC(O)(c2cc(F)cc(F)c2)C1C)OC(=O)c1cc(S(N)(=O)=O)c(Cl)cc1NCc1ccco1. The highest BCUT2D eigenvalue weighted by Gasteiger charge is 2.49. The standard InChI is InChI=1S/C30H32ClF2N3O11S/c1-16-14-46-30(40,19-8-20(32)10-21(33)9-19)18(3)36(16)29(39)45-15-44-27(37)7-17(2)47-28(38)23-11-26(48(34,41)42)24(31)12-25(23)35-13-22-5-4-6-43-22/h4-6,8-12,16-18,35,40H,7,13-15H2,1-3H3,(H2,34,41,42). The lowest BCUT2D eigenvalue weighted by atomic mass is 9.94. The van der Waals surface area contributed by atoms with Crippen molar-refractivity contribution in [1.82, 2.24) is 4.90 Å². The van der Waals surface area contributed by atoms with Crippen molar-refractivity contribution >= 4 is 45.3 Å². The van der Waals surface area contributed by atoms with E-state index in [1.165, 1.54) is 26.2 Å². The van der Waals surface area contributed by atoms with Gasteiger partial charge in [-0.15, -0.1) is 0 Å². The minimum atomic E-state index is -4.32. The van der Waals surface area contributed by atoms with Crippen molar-refractivity contribution in [1.29, 1.82) is 0 Å². The van der Waals surface area contributed by atoms with E-state index in [1.807, 2.05) is 0 Å². The van der Waals surface area contributed by atoms with Crippen LogP contribution in [0.25, 0.3) is 0 Å². The number of halogens is 3. The van der Waals surface area contributed by atoms with Crippen LogP contribution in [-0.2, 0) is 46.1 Å². The van der Waals surface area contributed by atoms with Gasteiger partial charge in [-0.1, -0.05) is 11.6 Å². The number of hydrogen-bond acceptors (Lipinski definition) is 12. The van der Waals surface area contributed by atoms with Crippen molar-refractivity contribution in [3.8, 4) is 0 Å². The Hall–Kier alpha value is -4.29. The molecule has 1 aromatic heterocycles. The maximum absolute atomic E-state index is 13.8. The number of esters is 2. The third kappa shape index (κ3) is 8.59. The zero-order valence-electron chi connectivity index (χ0n) is 25.8. The average molecular weight is 716 g/mol. The molecule has 0 saturated carbocycles. The molecule has 0 radical (unpaired) electrons. The van der Waals surface area contributed by atoms with Gasteiger partial charge in [0.1, 0.15) is 28.4 Å². The Morgan fingerprint density at radius 1 is 1.17 bits per heavy atom. The van der Waals surface area contributed by atoms with E-state index in [1.54, 1.807) is 19.1 Å². The summed E-state index contributed by atoms with van der Waals surface area (Å²) in [6, 6.07) is 5.95. The fraction of sp³-hybridized carbons (Fsp3) is 0.367. The minimum absolute atomic E-state index is 0.0940. The van der Waals surface area contributed by atoms with Gasteiger partial charge in [0.2, 0.25) is 22.6 Å². The molecule has 4 unspecified atom stereocenters. The minimum Gasteiger partial charge on any atom is -0.467 e. The molecule has 48 heavy (non-hydrogen) atoms. The van der Waals surface area contributed by atoms with Gasteiger partial charge in [-0.05, 0) is 57.2 Å². The van der Waals surface area contributed by atoms with E-state index in [2.05, 4.69) is 5.32 Å². The lowest BCUT2D eigenvalue weighted by Gasteiger charge is -2.47. The van der Waals surface area contributed by atoms with Gasteiger partial charge >= 0.3 is 18.0 Å². The normalized spacial score (nSPS) is 20.1. The quantitative estimate of drug-likeness (QED) is 0.191. The number of nitrogens with two attached hydrogens (primary N) is 1. The molecule has 0 spiro atoms. The van der Waals surface area contributed by atoms with Crippen LogP contribution in [0, 0.1) is 11.6 Å². The summed E-state index contributed by atoms with van der Waals surface area (Å²) in [7, 11) is -4.32. The molecule has 4 rings (SSSR count). The zero-order chi connectivity index (χ0) is 35.4. The van der Waals surface area contributed by atoms with Gasteiger partial charge in [0.15, 0.2) is 0 Å². The number of nitrogens with one attached hydrogen (secondary N) is 1. The van der Waals surface area contributed by atoms with Crippen LogP contribution in [0.15, 0.2) is 58.0 Å². The van der Waals surface area contributed by atoms with Gasteiger partial charge in [0.25, 0.3) is 0 Å². The topological polar surface area (TPSA) is 197 Å². The highest BCUT2D eigenvalue weighted by atomic mass is 35.5. The molecule has 18 heteroatoms. The second kappa shape index (κ2) is 14.9. The van der Waals surface area contributed by atoms with E-state index >= 15 is 0 Å². The van der Waals surface area contributed by atoms with Crippen molar-refractivity contribution in [3.63, 3.8) is 0 Å². The predicted octanol–water partition coefficient (Wildman–Crippen LogP) is 4.00. The molecule has 14 nitrogen and oxygen atoms in total. The predicted molar refractivity (Wildman–Crippen MR) is 163 cm³/mol. The maximum Gasteiger partial charge on any atom is 0.413 e. The van der Waals surface area contributed by atoms with Crippen molar-refractivity contribution in [2.75, 3.05) is 18.7 Å². The summed E-state index contributed by atoms with van der Waals surface area (Å²) < 4.78 is 77.8. The number of primary sulfonamides is 1. The van der Waals surface area contributed by atoms with E-state index in [4.69, 9.17) is 40.1 Å². The molecule has 2 heterocycles. The van der Waals surface area contributed by atoms with Gasteiger partial charge in [0, 0.05) is 11.6 Å². The molecule has 1 aliphatic rings. The molecule has 0 aliphatic carbocycles. The van der Waals surface area contributed by atoms with Crippen LogP contribution in [0.3, 0.4) is 0 Å². The summed E-state index contributed by atoms with van der Waals surface area (Å²) in [6.07, 6.45) is -1.19. The lowest BCUT2D eigenvalue weighted by molar-refractivity contribution is -0.280. The largest absolute Gasteiger partial charge is 0.467 e. The Morgan fingerprint density at radius 3 is 2.48 bits per heavy atom. The first-order valence-corrected chi connectivity index (χ1v) is 16.2. The van der Waals surface area contributed by atoms with Crippen LogP contribution in [0.5, 0.6) is 0 Å². The summed E-state index contributed by atoms with van der Waals surface area (Å²) in [4.78, 5) is 39.0.